The first-order valence-corrected chi connectivity index (χ1v) is 7.09. The Labute approximate surface area is 106 Å². The molecule has 1 heterocycles. The molecule has 0 atom stereocenters. The van der Waals surface area contributed by atoms with Crippen LogP contribution in [0, 0.1) is 0 Å². The van der Waals surface area contributed by atoms with Gasteiger partial charge in [-0.05, 0) is 29.7 Å². The zero-order valence-electron chi connectivity index (χ0n) is 10.2. The van der Waals surface area contributed by atoms with Crippen LogP contribution in [0.5, 0.6) is 0 Å². The summed E-state index contributed by atoms with van der Waals surface area (Å²) in [7, 11) is -3.57. The maximum absolute atomic E-state index is 11.9. The Hall–Kier alpha value is -1.82. The van der Waals surface area contributed by atoms with Crippen LogP contribution >= 0.6 is 0 Å². The highest BCUT2D eigenvalue weighted by Gasteiger charge is 2.15. The lowest BCUT2D eigenvalue weighted by molar-refractivity contribution is 0.597. The number of hydrogen-bond donors (Lipinski definition) is 2. The maximum Gasteiger partial charge on any atom is 0.278 e. The molecule has 0 amide bonds. The minimum atomic E-state index is -3.57. The molecule has 0 aliphatic carbocycles. The van der Waals surface area contributed by atoms with Crippen molar-refractivity contribution in [2.24, 2.45) is 0 Å². The van der Waals surface area contributed by atoms with E-state index in [9.17, 15) is 8.42 Å². The van der Waals surface area contributed by atoms with E-state index in [1.807, 2.05) is 12.1 Å². The number of hydrogen-bond acceptors (Lipinski definition) is 3. The van der Waals surface area contributed by atoms with Crippen LogP contribution in [-0.2, 0) is 10.0 Å². The van der Waals surface area contributed by atoms with Gasteiger partial charge in [0.2, 0.25) is 0 Å². The predicted octanol–water partition coefficient (Wildman–Crippen LogP) is 2.33. The van der Waals surface area contributed by atoms with Crippen molar-refractivity contribution in [3.63, 3.8) is 0 Å². The second-order valence-corrected chi connectivity index (χ2v) is 5.95. The van der Waals surface area contributed by atoms with Crippen molar-refractivity contribution < 1.29 is 8.42 Å². The molecule has 1 aromatic heterocycles. The Morgan fingerprint density at radius 3 is 2.33 bits per heavy atom. The van der Waals surface area contributed by atoms with E-state index in [-0.39, 0.29) is 5.03 Å². The fraction of sp³-hybridized carbons (Fsp3) is 0.250. The lowest BCUT2D eigenvalue weighted by Crippen LogP contribution is -2.13. The van der Waals surface area contributed by atoms with Gasteiger partial charge in [0.1, 0.15) is 0 Å². The van der Waals surface area contributed by atoms with Crippen molar-refractivity contribution in [2.75, 3.05) is 4.72 Å². The Kier molecular flexibility index (Phi) is 3.38. The third kappa shape index (κ3) is 2.70. The van der Waals surface area contributed by atoms with E-state index in [4.69, 9.17) is 0 Å². The molecule has 0 fully saturated rings. The molecule has 0 aliphatic rings. The Bertz CT molecular complexity index is 601. The first-order chi connectivity index (χ1) is 8.49. The number of sulfonamides is 1. The first-order valence-electron chi connectivity index (χ1n) is 5.61. The highest BCUT2D eigenvalue weighted by atomic mass is 32.2. The van der Waals surface area contributed by atoms with Crippen LogP contribution in [0.4, 0.5) is 5.69 Å². The minimum Gasteiger partial charge on any atom is -0.278 e. The molecule has 6 heteroatoms. The Balaban J connectivity index is 2.20. The molecule has 1 aromatic carbocycles. The standard InChI is InChI=1S/C12H15N3O2S/c1-9(2)10-3-5-11(6-4-10)15-18(16,17)12-7-8-13-14-12/h3-9,15H,1-2H3,(H,13,14). The molecule has 0 bridgehead atoms. The molecule has 2 N–H and O–H groups in total. The van der Waals surface area contributed by atoms with Gasteiger partial charge >= 0.3 is 0 Å². The Morgan fingerprint density at radius 2 is 1.83 bits per heavy atom. The van der Waals surface area contributed by atoms with Gasteiger partial charge in [0.05, 0.1) is 6.20 Å². The van der Waals surface area contributed by atoms with Crippen LogP contribution in [0.3, 0.4) is 0 Å². The number of aromatic amines is 1. The number of benzene rings is 1. The number of H-pyrrole nitrogens is 1. The van der Waals surface area contributed by atoms with E-state index in [1.165, 1.54) is 17.8 Å². The summed E-state index contributed by atoms with van der Waals surface area (Å²) in [6.45, 7) is 4.17. The second kappa shape index (κ2) is 4.81. The highest BCUT2D eigenvalue weighted by molar-refractivity contribution is 7.92. The van der Waals surface area contributed by atoms with Crippen molar-refractivity contribution in [3.8, 4) is 0 Å². The van der Waals surface area contributed by atoms with Crippen LogP contribution in [0.2, 0.25) is 0 Å². The SMILES string of the molecule is CC(C)c1ccc(NS(=O)(=O)c2ccn[nH]2)cc1. The smallest absolute Gasteiger partial charge is 0.278 e. The quantitative estimate of drug-likeness (QED) is 0.891. The van der Waals surface area contributed by atoms with Gasteiger partial charge in [-0.25, -0.2) is 0 Å². The third-order valence-corrected chi connectivity index (χ3v) is 3.91. The predicted molar refractivity (Wildman–Crippen MR) is 69.9 cm³/mol. The monoisotopic (exact) mass is 265 g/mol. The van der Waals surface area contributed by atoms with Crippen LogP contribution in [0.25, 0.3) is 0 Å². The van der Waals surface area contributed by atoms with Crippen LogP contribution < -0.4 is 4.72 Å². The molecule has 0 aliphatic heterocycles. The number of nitrogens with one attached hydrogen (secondary N) is 2. The first kappa shape index (κ1) is 12.6. The molecule has 0 radical (unpaired) electrons. The number of aromatic nitrogens is 2. The van der Waals surface area contributed by atoms with Gasteiger partial charge in [0, 0.05) is 5.69 Å². The van der Waals surface area contributed by atoms with Gasteiger partial charge in [-0.2, -0.15) is 13.5 Å². The van der Waals surface area contributed by atoms with Crippen LogP contribution in [-0.4, -0.2) is 18.6 Å². The summed E-state index contributed by atoms with van der Waals surface area (Å²) in [6, 6.07) is 8.74. The zero-order chi connectivity index (χ0) is 13.2. The number of anilines is 1. The van der Waals surface area contributed by atoms with Gasteiger partial charge in [-0.1, -0.05) is 26.0 Å². The molecule has 0 unspecified atom stereocenters. The van der Waals surface area contributed by atoms with E-state index in [1.54, 1.807) is 12.1 Å². The van der Waals surface area contributed by atoms with Crippen LogP contribution in [0.1, 0.15) is 25.3 Å². The lowest BCUT2D eigenvalue weighted by Gasteiger charge is -2.08. The van der Waals surface area contributed by atoms with Gasteiger partial charge in [-0.15, -0.1) is 0 Å². The van der Waals surface area contributed by atoms with E-state index in [2.05, 4.69) is 28.8 Å². The molecule has 2 rings (SSSR count). The van der Waals surface area contributed by atoms with Crippen LogP contribution in [0.15, 0.2) is 41.6 Å². The highest BCUT2D eigenvalue weighted by Crippen LogP contribution is 2.19. The number of rotatable bonds is 4. The van der Waals surface area contributed by atoms with Crippen molar-refractivity contribution in [2.45, 2.75) is 24.8 Å². The summed E-state index contributed by atoms with van der Waals surface area (Å²) in [5.74, 6) is 0.420. The molecule has 96 valence electrons. The zero-order valence-corrected chi connectivity index (χ0v) is 11.0. The summed E-state index contributed by atoms with van der Waals surface area (Å²) >= 11 is 0. The molecular formula is C12H15N3O2S. The second-order valence-electron chi connectivity index (χ2n) is 4.30. The Morgan fingerprint density at radius 1 is 1.17 bits per heavy atom. The lowest BCUT2D eigenvalue weighted by atomic mass is 10.0. The summed E-state index contributed by atoms with van der Waals surface area (Å²) in [6.07, 6.45) is 1.40. The average Bonchev–Trinajstić information content (AvgIpc) is 2.83. The van der Waals surface area contributed by atoms with Gasteiger partial charge in [0.15, 0.2) is 5.03 Å². The fourth-order valence-corrected chi connectivity index (χ4v) is 2.51. The maximum atomic E-state index is 11.9. The summed E-state index contributed by atoms with van der Waals surface area (Å²) in [5, 5.41) is 6.10. The van der Waals surface area contributed by atoms with Gasteiger partial charge in [0.25, 0.3) is 10.0 Å². The topological polar surface area (TPSA) is 74.8 Å². The summed E-state index contributed by atoms with van der Waals surface area (Å²) in [4.78, 5) is 0. The molecule has 0 saturated heterocycles. The van der Waals surface area contributed by atoms with Crippen molar-refractivity contribution in [1.82, 2.24) is 10.2 Å². The average molecular weight is 265 g/mol. The molecule has 2 aromatic rings. The largest absolute Gasteiger partial charge is 0.278 e. The molecule has 0 saturated carbocycles. The minimum absolute atomic E-state index is 0.0513. The molecule has 0 spiro atoms. The van der Waals surface area contributed by atoms with Crippen molar-refractivity contribution in [3.05, 3.63) is 42.1 Å². The summed E-state index contributed by atoms with van der Waals surface area (Å²) < 4.78 is 26.3. The molecule has 5 nitrogen and oxygen atoms in total. The number of nitrogens with zero attached hydrogens (tertiary/aromatic N) is 1. The van der Waals surface area contributed by atoms with Crippen molar-refractivity contribution >= 4 is 15.7 Å². The normalized spacial score (nSPS) is 11.7. The third-order valence-electron chi connectivity index (χ3n) is 2.59. The molecular weight excluding hydrogens is 250 g/mol. The van der Waals surface area contributed by atoms with E-state index in [0.29, 0.717) is 11.6 Å². The van der Waals surface area contributed by atoms with E-state index in [0.717, 1.165) is 0 Å². The molecule has 18 heavy (non-hydrogen) atoms. The van der Waals surface area contributed by atoms with Gasteiger partial charge < -0.3 is 0 Å². The van der Waals surface area contributed by atoms with E-state index < -0.39 is 10.0 Å². The van der Waals surface area contributed by atoms with E-state index >= 15 is 0 Å². The van der Waals surface area contributed by atoms with Crippen molar-refractivity contribution in [1.29, 1.82) is 0 Å². The van der Waals surface area contributed by atoms with Gasteiger partial charge in [-0.3, -0.25) is 9.82 Å². The summed E-state index contributed by atoms with van der Waals surface area (Å²) in [5.41, 5.74) is 1.70. The fourth-order valence-electron chi connectivity index (χ4n) is 1.54.